The van der Waals surface area contributed by atoms with Gasteiger partial charge in [-0.05, 0) is 57.8 Å². The zero-order chi connectivity index (χ0) is 41.6. The molecule has 57 heavy (non-hydrogen) atoms. The van der Waals surface area contributed by atoms with Crippen molar-refractivity contribution < 1.29 is 39.8 Å². The first-order valence-electron chi connectivity index (χ1n) is 23.0. The fourth-order valence-corrected chi connectivity index (χ4v) is 6.91. The predicted molar refractivity (Wildman–Crippen MR) is 235 cm³/mol. The maximum absolute atomic E-state index is 12.9. The molecule has 0 bridgehead atoms. The first-order chi connectivity index (χ1) is 27.8. The van der Waals surface area contributed by atoms with Gasteiger partial charge in [0.2, 0.25) is 5.91 Å². The summed E-state index contributed by atoms with van der Waals surface area (Å²) >= 11 is 0. The lowest BCUT2D eigenvalue weighted by molar-refractivity contribution is -0.302. The van der Waals surface area contributed by atoms with Gasteiger partial charge in [-0.3, -0.25) is 4.79 Å². The van der Waals surface area contributed by atoms with Gasteiger partial charge in [0.15, 0.2) is 6.29 Å². The lowest BCUT2D eigenvalue weighted by Crippen LogP contribution is -2.60. The molecule has 1 saturated heterocycles. The number of aliphatic hydroxyl groups excluding tert-OH is 5. The van der Waals surface area contributed by atoms with Gasteiger partial charge in [-0.2, -0.15) is 0 Å². The number of rotatable bonds is 37. The second-order valence-electron chi connectivity index (χ2n) is 15.8. The van der Waals surface area contributed by atoms with Crippen LogP contribution < -0.4 is 5.32 Å². The van der Waals surface area contributed by atoms with Crippen molar-refractivity contribution >= 4 is 5.91 Å². The Morgan fingerprint density at radius 2 is 1.09 bits per heavy atom. The minimum atomic E-state index is -1.57. The first-order valence-corrected chi connectivity index (χ1v) is 23.0. The van der Waals surface area contributed by atoms with Crippen LogP contribution in [0.1, 0.15) is 181 Å². The first kappa shape index (κ1) is 52.9. The topological polar surface area (TPSA) is 149 Å². The maximum atomic E-state index is 12.9. The van der Waals surface area contributed by atoms with E-state index in [1.807, 2.05) is 6.08 Å². The standard InChI is InChI=1S/C48H85NO8/c1-3-5-7-9-11-13-15-16-17-18-19-20-21-22-23-24-25-26-28-30-32-34-36-38-44(52)49-41(40-56-48-47(55)46(54)45(53)43(39-50)57-48)42(51)37-35-33-31-29-27-14-12-10-8-6-4-2/h5,7,11,13,16-17,19-20,35,37,41-43,45-48,50-51,53-55H,3-4,6,8-10,12,14-15,18,21-34,36,38-40H2,1-2H3,(H,49,52)/b7-5-,13-11-,17-16-,20-19-,37-35+. The lowest BCUT2D eigenvalue weighted by atomic mass is 9.99. The van der Waals surface area contributed by atoms with Gasteiger partial charge in [0.25, 0.3) is 0 Å². The van der Waals surface area contributed by atoms with Crippen LogP contribution in [0.5, 0.6) is 0 Å². The molecule has 1 rings (SSSR count). The van der Waals surface area contributed by atoms with E-state index in [0.29, 0.717) is 6.42 Å². The van der Waals surface area contributed by atoms with Crippen LogP contribution in [0.2, 0.25) is 0 Å². The zero-order valence-corrected chi connectivity index (χ0v) is 36.1. The van der Waals surface area contributed by atoms with Crippen molar-refractivity contribution in [1.82, 2.24) is 5.32 Å². The van der Waals surface area contributed by atoms with Crippen molar-refractivity contribution in [1.29, 1.82) is 0 Å². The maximum Gasteiger partial charge on any atom is 0.220 e. The van der Waals surface area contributed by atoms with E-state index in [0.717, 1.165) is 70.6 Å². The van der Waals surface area contributed by atoms with Crippen molar-refractivity contribution in [3.63, 3.8) is 0 Å². The number of unbranched alkanes of at least 4 members (excludes halogenated alkanes) is 19. The fraction of sp³-hybridized carbons (Fsp3) is 0.771. The zero-order valence-electron chi connectivity index (χ0n) is 36.1. The average molecular weight is 804 g/mol. The number of ether oxygens (including phenoxy) is 2. The van der Waals surface area contributed by atoms with E-state index in [2.05, 4.69) is 67.8 Å². The number of carbonyl (C=O) groups excluding carboxylic acids is 1. The largest absolute Gasteiger partial charge is 0.394 e. The third-order valence-electron chi connectivity index (χ3n) is 10.6. The summed E-state index contributed by atoms with van der Waals surface area (Å²) in [5, 5.41) is 54.1. The van der Waals surface area contributed by atoms with E-state index >= 15 is 0 Å². The third-order valence-corrected chi connectivity index (χ3v) is 10.6. The van der Waals surface area contributed by atoms with Crippen molar-refractivity contribution in [3.8, 4) is 0 Å². The van der Waals surface area contributed by atoms with E-state index in [9.17, 15) is 30.3 Å². The molecular formula is C48H85NO8. The third kappa shape index (κ3) is 28.9. The number of amides is 1. The number of aliphatic hydroxyl groups is 5. The quantitative estimate of drug-likeness (QED) is 0.0269. The van der Waals surface area contributed by atoms with Crippen molar-refractivity contribution in [3.05, 3.63) is 60.8 Å². The Morgan fingerprint density at radius 1 is 0.614 bits per heavy atom. The van der Waals surface area contributed by atoms with Crippen molar-refractivity contribution in [2.24, 2.45) is 0 Å². The molecule has 1 aliphatic rings. The molecule has 0 aromatic carbocycles. The molecule has 0 aromatic heterocycles. The molecule has 0 aromatic rings. The van der Waals surface area contributed by atoms with Crippen LogP contribution in [-0.4, -0.2) is 87.5 Å². The molecule has 9 nitrogen and oxygen atoms in total. The van der Waals surface area contributed by atoms with Crippen molar-refractivity contribution in [2.45, 2.75) is 224 Å². The molecule has 1 amide bonds. The molecule has 1 aliphatic heterocycles. The molecule has 0 saturated carbocycles. The van der Waals surface area contributed by atoms with E-state index in [1.54, 1.807) is 6.08 Å². The average Bonchev–Trinajstić information content (AvgIpc) is 3.21. The van der Waals surface area contributed by atoms with Crippen molar-refractivity contribution in [2.75, 3.05) is 13.2 Å². The molecule has 9 heteroatoms. The van der Waals surface area contributed by atoms with Crippen LogP contribution >= 0.6 is 0 Å². The Bertz CT molecular complexity index is 1070. The van der Waals surface area contributed by atoms with Gasteiger partial charge >= 0.3 is 0 Å². The summed E-state index contributed by atoms with van der Waals surface area (Å²) in [4.78, 5) is 12.9. The molecule has 7 unspecified atom stereocenters. The Labute approximate surface area is 347 Å². The van der Waals surface area contributed by atoms with Crippen LogP contribution in [0.15, 0.2) is 60.8 Å². The van der Waals surface area contributed by atoms with E-state index < -0.39 is 49.5 Å². The molecule has 0 spiro atoms. The van der Waals surface area contributed by atoms with Crippen LogP contribution in [0.25, 0.3) is 0 Å². The minimum absolute atomic E-state index is 0.186. The van der Waals surface area contributed by atoms with Crippen LogP contribution in [0, 0.1) is 0 Å². The Hall–Kier alpha value is -2.11. The second kappa shape index (κ2) is 38.1. The molecule has 6 N–H and O–H groups in total. The monoisotopic (exact) mass is 804 g/mol. The number of hydrogen-bond donors (Lipinski definition) is 6. The highest BCUT2D eigenvalue weighted by molar-refractivity contribution is 5.76. The van der Waals surface area contributed by atoms with Crippen LogP contribution in [0.3, 0.4) is 0 Å². The predicted octanol–water partition coefficient (Wildman–Crippen LogP) is 9.61. The van der Waals surface area contributed by atoms with Gasteiger partial charge in [0.1, 0.15) is 24.4 Å². The molecule has 0 radical (unpaired) electrons. The number of nitrogens with one attached hydrogen (secondary N) is 1. The Balaban J connectivity index is 2.29. The number of hydrogen-bond acceptors (Lipinski definition) is 8. The summed E-state index contributed by atoms with van der Waals surface area (Å²) in [5.41, 5.74) is 0. The second-order valence-corrected chi connectivity index (χ2v) is 15.8. The number of carbonyl (C=O) groups is 1. The fourth-order valence-electron chi connectivity index (χ4n) is 6.91. The van der Waals surface area contributed by atoms with Gasteiger partial charge < -0.3 is 40.3 Å². The molecule has 1 heterocycles. The SMILES string of the molecule is CC/C=C\C/C=C\C/C=C\C/C=C\CCCCCCCCCCCCC(=O)NC(COC1OC(CO)C(O)C(O)C1O)C(O)/C=C/CCCCCCCCCCC. The summed E-state index contributed by atoms with van der Waals surface area (Å²) in [5.74, 6) is -0.186. The van der Waals surface area contributed by atoms with Gasteiger partial charge in [-0.15, -0.1) is 0 Å². The van der Waals surface area contributed by atoms with Gasteiger partial charge in [0, 0.05) is 6.42 Å². The summed E-state index contributed by atoms with van der Waals surface area (Å²) in [6, 6.07) is -0.807. The summed E-state index contributed by atoms with van der Waals surface area (Å²) < 4.78 is 11.2. The van der Waals surface area contributed by atoms with Crippen LogP contribution in [0.4, 0.5) is 0 Å². The van der Waals surface area contributed by atoms with Gasteiger partial charge in [0.05, 0.1) is 25.4 Å². The summed E-state index contributed by atoms with van der Waals surface area (Å²) in [7, 11) is 0. The van der Waals surface area contributed by atoms with E-state index in [1.165, 1.54) is 89.9 Å². The number of allylic oxidation sites excluding steroid dienone is 9. The summed E-state index contributed by atoms with van der Waals surface area (Å²) in [6.45, 7) is 3.63. The molecule has 1 fully saturated rings. The molecule has 0 aliphatic carbocycles. The highest BCUT2D eigenvalue weighted by Gasteiger charge is 2.44. The minimum Gasteiger partial charge on any atom is -0.394 e. The summed E-state index contributed by atoms with van der Waals surface area (Å²) in [6.07, 6.45) is 42.6. The smallest absolute Gasteiger partial charge is 0.220 e. The van der Waals surface area contributed by atoms with Gasteiger partial charge in [-0.1, -0.05) is 177 Å². The van der Waals surface area contributed by atoms with E-state index in [4.69, 9.17) is 9.47 Å². The Morgan fingerprint density at radius 3 is 1.61 bits per heavy atom. The van der Waals surface area contributed by atoms with Crippen LogP contribution in [-0.2, 0) is 14.3 Å². The lowest BCUT2D eigenvalue weighted by Gasteiger charge is -2.40. The molecular weight excluding hydrogens is 719 g/mol. The van der Waals surface area contributed by atoms with Gasteiger partial charge in [-0.25, -0.2) is 0 Å². The highest BCUT2D eigenvalue weighted by atomic mass is 16.7. The molecule has 7 atom stereocenters. The molecule has 330 valence electrons. The normalized spacial score (nSPS) is 21.6. The Kier molecular flexibility index (Phi) is 35.4. The van der Waals surface area contributed by atoms with E-state index in [-0.39, 0.29) is 12.5 Å². The highest BCUT2D eigenvalue weighted by Crippen LogP contribution is 2.22.